The number of nitrogens with one attached hydrogen (secondary N) is 1. The van der Waals surface area contributed by atoms with Gasteiger partial charge in [0, 0.05) is 24.4 Å². The fourth-order valence-corrected chi connectivity index (χ4v) is 2.56. The minimum Gasteiger partial charge on any atom is -0.377 e. The van der Waals surface area contributed by atoms with Crippen LogP contribution in [-0.4, -0.2) is 40.8 Å². The lowest BCUT2D eigenvalue weighted by Gasteiger charge is -2.34. The standard InChI is InChI=1S/C14H14ClFN4O2/c1-8-7-22-5-4-20(8)13-11(15)14(21)19-12(18-13)9-2-3-17-10(16)6-9/h2-3,6,8H,4-5,7H2,1H3,(H,18,19,21)/t8-/m1/s1. The predicted molar refractivity (Wildman–Crippen MR) is 80.7 cm³/mol. The monoisotopic (exact) mass is 324 g/mol. The summed E-state index contributed by atoms with van der Waals surface area (Å²) in [6.07, 6.45) is 1.32. The fraction of sp³-hybridized carbons (Fsp3) is 0.357. The van der Waals surface area contributed by atoms with E-state index in [9.17, 15) is 9.18 Å². The number of ether oxygens (including phenoxy) is 1. The van der Waals surface area contributed by atoms with Crippen LogP contribution in [0.3, 0.4) is 0 Å². The molecule has 8 heteroatoms. The van der Waals surface area contributed by atoms with Gasteiger partial charge in [-0.05, 0) is 13.0 Å². The summed E-state index contributed by atoms with van der Waals surface area (Å²) in [7, 11) is 0. The number of H-pyrrole nitrogens is 1. The number of halogens is 2. The SMILES string of the molecule is C[C@@H]1COCCN1c1nc(-c2ccnc(F)c2)[nH]c(=O)c1Cl. The quantitative estimate of drug-likeness (QED) is 0.854. The zero-order chi connectivity index (χ0) is 15.7. The summed E-state index contributed by atoms with van der Waals surface area (Å²) in [5.41, 5.74) is -0.0268. The van der Waals surface area contributed by atoms with Crippen LogP contribution in [0.2, 0.25) is 5.02 Å². The number of aromatic nitrogens is 3. The van der Waals surface area contributed by atoms with Crippen molar-refractivity contribution >= 4 is 17.4 Å². The van der Waals surface area contributed by atoms with Crippen LogP contribution in [0.4, 0.5) is 10.2 Å². The summed E-state index contributed by atoms with van der Waals surface area (Å²) >= 11 is 6.11. The van der Waals surface area contributed by atoms with Crippen molar-refractivity contribution in [2.24, 2.45) is 0 Å². The lowest BCUT2D eigenvalue weighted by Crippen LogP contribution is -2.44. The van der Waals surface area contributed by atoms with Crippen LogP contribution in [-0.2, 0) is 4.74 Å². The van der Waals surface area contributed by atoms with Crippen molar-refractivity contribution in [1.29, 1.82) is 0 Å². The van der Waals surface area contributed by atoms with E-state index in [1.807, 2.05) is 11.8 Å². The first-order valence-electron chi connectivity index (χ1n) is 6.82. The molecule has 0 saturated carbocycles. The van der Waals surface area contributed by atoms with Crippen LogP contribution < -0.4 is 10.5 Å². The molecule has 1 aliphatic rings. The highest BCUT2D eigenvalue weighted by atomic mass is 35.5. The number of pyridine rings is 1. The van der Waals surface area contributed by atoms with Crippen LogP contribution in [0, 0.1) is 5.95 Å². The van der Waals surface area contributed by atoms with Crippen LogP contribution in [0.1, 0.15) is 6.92 Å². The largest absolute Gasteiger partial charge is 0.377 e. The summed E-state index contributed by atoms with van der Waals surface area (Å²) in [4.78, 5) is 24.5. The molecule has 1 N–H and O–H groups in total. The Bertz CT molecular complexity index is 752. The van der Waals surface area contributed by atoms with Gasteiger partial charge in [-0.1, -0.05) is 11.6 Å². The number of nitrogens with zero attached hydrogens (tertiary/aromatic N) is 3. The molecule has 0 amide bonds. The molecule has 1 fully saturated rings. The van der Waals surface area contributed by atoms with Crippen molar-refractivity contribution in [1.82, 2.24) is 15.0 Å². The Morgan fingerprint density at radius 1 is 1.55 bits per heavy atom. The van der Waals surface area contributed by atoms with Gasteiger partial charge in [-0.25, -0.2) is 9.97 Å². The summed E-state index contributed by atoms with van der Waals surface area (Å²) < 4.78 is 18.6. The highest BCUT2D eigenvalue weighted by molar-refractivity contribution is 6.32. The van der Waals surface area contributed by atoms with E-state index in [2.05, 4.69) is 15.0 Å². The van der Waals surface area contributed by atoms with E-state index in [1.165, 1.54) is 12.3 Å². The first-order valence-corrected chi connectivity index (χ1v) is 7.20. The third-order valence-corrected chi connectivity index (χ3v) is 3.83. The molecule has 1 saturated heterocycles. The zero-order valence-electron chi connectivity index (χ0n) is 11.8. The Morgan fingerprint density at radius 2 is 2.36 bits per heavy atom. The number of aromatic amines is 1. The van der Waals surface area contributed by atoms with Gasteiger partial charge in [-0.2, -0.15) is 4.39 Å². The second-order valence-corrected chi connectivity index (χ2v) is 5.41. The van der Waals surface area contributed by atoms with Crippen molar-refractivity contribution in [2.75, 3.05) is 24.7 Å². The molecule has 0 unspecified atom stereocenters. The van der Waals surface area contributed by atoms with E-state index in [1.54, 1.807) is 6.07 Å². The summed E-state index contributed by atoms with van der Waals surface area (Å²) in [6, 6.07) is 2.82. The minimum absolute atomic E-state index is 0.0204. The van der Waals surface area contributed by atoms with Crippen LogP contribution >= 0.6 is 11.6 Å². The van der Waals surface area contributed by atoms with Gasteiger partial charge in [-0.3, -0.25) is 4.79 Å². The normalized spacial score (nSPS) is 18.5. The third kappa shape index (κ3) is 2.82. The predicted octanol–water partition coefficient (Wildman–Crippen LogP) is 1.85. The van der Waals surface area contributed by atoms with Crippen molar-refractivity contribution in [3.8, 4) is 11.4 Å². The second-order valence-electron chi connectivity index (χ2n) is 5.04. The van der Waals surface area contributed by atoms with E-state index in [-0.39, 0.29) is 16.9 Å². The molecule has 2 aromatic rings. The number of hydrogen-bond acceptors (Lipinski definition) is 5. The van der Waals surface area contributed by atoms with Gasteiger partial charge in [0.05, 0.1) is 19.3 Å². The maximum atomic E-state index is 13.3. The first kappa shape index (κ1) is 14.9. The smallest absolute Gasteiger partial charge is 0.272 e. The molecule has 22 heavy (non-hydrogen) atoms. The number of anilines is 1. The number of hydrogen-bond donors (Lipinski definition) is 1. The van der Waals surface area contributed by atoms with E-state index in [0.717, 1.165) is 0 Å². The lowest BCUT2D eigenvalue weighted by atomic mass is 10.2. The Balaban J connectivity index is 2.09. The lowest BCUT2D eigenvalue weighted by molar-refractivity contribution is 0.0985. The summed E-state index contributed by atoms with van der Waals surface area (Å²) in [5, 5.41) is 0.0204. The highest BCUT2D eigenvalue weighted by Gasteiger charge is 2.24. The molecule has 116 valence electrons. The Hall–Kier alpha value is -1.99. The summed E-state index contributed by atoms with van der Waals surface area (Å²) in [5.74, 6) is -0.00535. The molecule has 2 aromatic heterocycles. The van der Waals surface area contributed by atoms with E-state index in [0.29, 0.717) is 31.1 Å². The van der Waals surface area contributed by atoms with Gasteiger partial charge < -0.3 is 14.6 Å². The zero-order valence-corrected chi connectivity index (χ0v) is 12.6. The third-order valence-electron chi connectivity index (χ3n) is 3.49. The van der Waals surface area contributed by atoms with Crippen molar-refractivity contribution in [2.45, 2.75) is 13.0 Å². The maximum absolute atomic E-state index is 13.3. The topological polar surface area (TPSA) is 71.1 Å². The maximum Gasteiger partial charge on any atom is 0.272 e. The van der Waals surface area contributed by atoms with Crippen LogP contribution in [0.25, 0.3) is 11.4 Å². The molecule has 1 atom stereocenters. The molecular weight excluding hydrogens is 311 g/mol. The Morgan fingerprint density at radius 3 is 3.09 bits per heavy atom. The van der Waals surface area contributed by atoms with Gasteiger partial charge in [-0.15, -0.1) is 0 Å². The van der Waals surface area contributed by atoms with Crippen molar-refractivity contribution in [3.63, 3.8) is 0 Å². The molecule has 0 radical (unpaired) electrons. The fourth-order valence-electron chi connectivity index (χ4n) is 2.37. The van der Waals surface area contributed by atoms with Gasteiger partial charge >= 0.3 is 0 Å². The van der Waals surface area contributed by atoms with Crippen molar-refractivity contribution in [3.05, 3.63) is 39.7 Å². The molecule has 0 aromatic carbocycles. The van der Waals surface area contributed by atoms with Gasteiger partial charge in [0.15, 0.2) is 5.82 Å². The van der Waals surface area contributed by atoms with Gasteiger partial charge in [0.2, 0.25) is 5.95 Å². The molecule has 3 heterocycles. The molecule has 1 aliphatic heterocycles. The summed E-state index contributed by atoms with van der Waals surface area (Å²) in [6.45, 7) is 3.62. The molecule has 0 aliphatic carbocycles. The molecule has 0 bridgehead atoms. The molecule has 6 nitrogen and oxygen atoms in total. The van der Waals surface area contributed by atoms with Crippen LogP contribution in [0.15, 0.2) is 23.1 Å². The van der Waals surface area contributed by atoms with E-state index < -0.39 is 11.5 Å². The first-order chi connectivity index (χ1) is 10.6. The molecular formula is C14H14ClFN4O2. The van der Waals surface area contributed by atoms with Crippen molar-refractivity contribution < 1.29 is 9.13 Å². The number of morpholine rings is 1. The van der Waals surface area contributed by atoms with Gasteiger partial charge in [0.25, 0.3) is 5.56 Å². The van der Waals surface area contributed by atoms with Crippen LogP contribution in [0.5, 0.6) is 0 Å². The second kappa shape index (κ2) is 6.02. The Labute approximate surface area is 130 Å². The average molecular weight is 325 g/mol. The highest BCUT2D eigenvalue weighted by Crippen LogP contribution is 2.26. The minimum atomic E-state index is -0.642. The van der Waals surface area contributed by atoms with E-state index in [4.69, 9.17) is 16.3 Å². The number of rotatable bonds is 2. The average Bonchev–Trinajstić information content (AvgIpc) is 2.51. The van der Waals surface area contributed by atoms with E-state index >= 15 is 0 Å². The van der Waals surface area contributed by atoms with Gasteiger partial charge in [0.1, 0.15) is 10.8 Å². The Kier molecular flexibility index (Phi) is 4.08. The molecule has 0 spiro atoms. The molecule has 3 rings (SSSR count).